The predicted octanol–water partition coefficient (Wildman–Crippen LogP) is -0.782. The molecule has 0 aromatic heterocycles. The number of carbonyl (C=O) groups is 2. The van der Waals surface area contributed by atoms with E-state index in [2.05, 4.69) is 0 Å². The summed E-state index contributed by atoms with van der Waals surface area (Å²) in [5, 5.41) is 18.7. The molecule has 0 spiro atoms. The van der Waals surface area contributed by atoms with Crippen molar-refractivity contribution in [1.82, 2.24) is 5.32 Å². The molecule has 0 radical (unpaired) electrons. The van der Waals surface area contributed by atoms with Gasteiger partial charge in [-0.05, 0) is 6.92 Å². The van der Waals surface area contributed by atoms with Crippen LogP contribution in [-0.4, -0.2) is 46.5 Å². The molecule has 0 aliphatic rings. The first kappa shape index (κ1) is 15.7. The fourth-order valence-corrected chi connectivity index (χ4v) is 0.823. The monoisotopic (exact) mass is 258 g/mol. The molecule has 0 aliphatic heterocycles. The number of aliphatic hydroxyl groups is 1. The number of alkyl halides is 3. The minimum absolute atomic E-state index is 0.408. The molecule has 0 fully saturated rings. The van der Waals surface area contributed by atoms with Gasteiger partial charge in [-0.3, -0.25) is 4.79 Å². The second-order valence-corrected chi connectivity index (χ2v) is 3.58. The quantitative estimate of drug-likeness (QED) is 0.516. The third kappa shape index (κ3) is 3.86. The molecule has 5 N–H and O–H groups in total. The first-order valence-electron chi connectivity index (χ1n) is 4.54. The van der Waals surface area contributed by atoms with Crippen LogP contribution in [0.5, 0.6) is 0 Å². The van der Waals surface area contributed by atoms with E-state index in [9.17, 15) is 22.8 Å². The van der Waals surface area contributed by atoms with Crippen LogP contribution >= 0.6 is 0 Å². The highest BCUT2D eigenvalue weighted by atomic mass is 19.4. The highest BCUT2D eigenvalue weighted by Gasteiger charge is 2.54. The van der Waals surface area contributed by atoms with Crippen LogP contribution < -0.4 is 11.1 Å². The molecule has 100 valence electrons. The highest BCUT2D eigenvalue weighted by molar-refractivity contribution is 5.90. The predicted molar refractivity (Wildman–Crippen MR) is 49.9 cm³/mol. The summed E-state index contributed by atoms with van der Waals surface area (Å²) >= 11 is 0. The Labute approximate surface area is 94.6 Å². The Morgan fingerprint density at radius 3 is 2.18 bits per heavy atom. The van der Waals surface area contributed by atoms with Gasteiger partial charge in [0.25, 0.3) is 0 Å². The second kappa shape index (κ2) is 5.32. The lowest BCUT2D eigenvalue weighted by Gasteiger charge is -2.27. The Balaban J connectivity index is 4.78. The van der Waals surface area contributed by atoms with Gasteiger partial charge in [-0.25, -0.2) is 4.79 Å². The number of hydrogen-bond acceptors (Lipinski definition) is 4. The van der Waals surface area contributed by atoms with Gasteiger partial charge in [0, 0.05) is 13.0 Å². The van der Waals surface area contributed by atoms with E-state index in [0.29, 0.717) is 6.92 Å². The summed E-state index contributed by atoms with van der Waals surface area (Å²) in [6, 6.07) is -1.61. The SMILES string of the molecule is CC(N)(C(=O)N[C@H](CCO)C(=O)O)C(F)(F)F. The van der Waals surface area contributed by atoms with Crippen molar-refractivity contribution in [3.63, 3.8) is 0 Å². The summed E-state index contributed by atoms with van der Waals surface area (Å²) in [6.07, 6.45) is -5.41. The molecule has 17 heavy (non-hydrogen) atoms. The Hall–Kier alpha value is -1.35. The number of nitrogens with two attached hydrogens (primary N) is 1. The molecular weight excluding hydrogens is 245 g/mol. The molecule has 1 amide bonds. The molecule has 0 saturated carbocycles. The average Bonchev–Trinajstić information content (AvgIpc) is 2.14. The maximum atomic E-state index is 12.3. The number of carbonyl (C=O) groups excluding carboxylic acids is 1. The number of aliphatic carboxylic acids is 1. The summed E-state index contributed by atoms with van der Waals surface area (Å²) in [6.45, 7) is -0.162. The van der Waals surface area contributed by atoms with Gasteiger partial charge in [0.15, 0.2) is 5.54 Å². The summed E-state index contributed by atoms with van der Waals surface area (Å²) in [4.78, 5) is 21.8. The van der Waals surface area contributed by atoms with Crippen molar-refractivity contribution in [2.75, 3.05) is 6.61 Å². The molecule has 0 aliphatic carbocycles. The molecule has 0 bridgehead atoms. The van der Waals surface area contributed by atoms with Crippen molar-refractivity contribution in [3.05, 3.63) is 0 Å². The van der Waals surface area contributed by atoms with Crippen LogP contribution in [-0.2, 0) is 9.59 Å². The third-order valence-corrected chi connectivity index (χ3v) is 2.08. The van der Waals surface area contributed by atoms with Gasteiger partial charge in [-0.2, -0.15) is 13.2 Å². The van der Waals surface area contributed by atoms with E-state index in [4.69, 9.17) is 15.9 Å². The summed E-state index contributed by atoms with van der Waals surface area (Å²) in [5.41, 5.74) is 1.61. The lowest BCUT2D eigenvalue weighted by molar-refractivity contribution is -0.188. The first-order valence-corrected chi connectivity index (χ1v) is 4.54. The molecule has 0 aromatic carbocycles. The van der Waals surface area contributed by atoms with Gasteiger partial charge in [-0.1, -0.05) is 0 Å². The lowest BCUT2D eigenvalue weighted by atomic mass is 10.0. The summed E-state index contributed by atoms with van der Waals surface area (Å²) in [5.74, 6) is -3.21. The maximum Gasteiger partial charge on any atom is 0.415 e. The van der Waals surface area contributed by atoms with E-state index in [-0.39, 0.29) is 0 Å². The van der Waals surface area contributed by atoms with Gasteiger partial charge in [0.05, 0.1) is 0 Å². The van der Waals surface area contributed by atoms with Crippen molar-refractivity contribution in [3.8, 4) is 0 Å². The van der Waals surface area contributed by atoms with Gasteiger partial charge >= 0.3 is 12.1 Å². The third-order valence-electron chi connectivity index (χ3n) is 2.08. The number of halogens is 3. The number of rotatable bonds is 5. The normalized spacial score (nSPS) is 17.1. The van der Waals surface area contributed by atoms with Crippen LogP contribution in [0.25, 0.3) is 0 Å². The van der Waals surface area contributed by atoms with Crippen LogP contribution in [0.2, 0.25) is 0 Å². The van der Waals surface area contributed by atoms with Gasteiger partial charge in [-0.15, -0.1) is 0 Å². The zero-order chi connectivity index (χ0) is 13.9. The molecule has 0 heterocycles. The van der Waals surface area contributed by atoms with Crippen LogP contribution in [0, 0.1) is 0 Å². The number of carboxylic acids is 1. The van der Waals surface area contributed by atoms with Crippen molar-refractivity contribution < 1.29 is 33.0 Å². The number of amides is 1. The van der Waals surface area contributed by atoms with Gasteiger partial charge in [0.2, 0.25) is 5.91 Å². The minimum atomic E-state index is -5.00. The van der Waals surface area contributed by atoms with Crippen molar-refractivity contribution in [2.45, 2.75) is 31.1 Å². The second-order valence-electron chi connectivity index (χ2n) is 3.58. The molecule has 2 atom stereocenters. The number of nitrogens with one attached hydrogen (secondary N) is 1. The van der Waals surface area contributed by atoms with Crippen LogP contribution in [0.15, 0.2) is 0 Å². The average molecular weight is 258 g/mol. The van der Waals surface area contributed by atoms with E-state index < -0.39 is 42.7 Å². The molecule has 0 aromatic rings. The highest BCUT2D eigenvalue weighted by Crippen LogP contribution is 2.28. The fraction of sp³-hybridized carbons (Fsp3) is 0.750. The number of aliphatic hydroxyl groups excluding tert-OH is 1. The number of hydrogen-bond donors (Lipinski definition) is 4. The summed E-state index contributed by atoms with van der Waals surface area (Å²) < 4.78 is 37.0. The first-order chi connectivity index (χ1) is 7.54. The maximum absolute atomic E-state index is 12.3. The van der Waals surface area contributed by atoms with Crippen molar-refractivity contribution in [1.29, 1.82) is 0 Å². The van der Waals surface area contributed by atoms with E-state index in [1.165, 1.54) is 0 Å². The minimum Gasteiger partial charge on any atom is -0.480 e. The van der Waals surface area contributed by atoms with Gasteiger partial charge in [0.1, 0.15) is 6.04 Å². The number of carboxylic acid groups (broad SMARTS) is 1. The van der Waals surface area contributed by atoms with E-state index in [1.807, 2.05) is 0 Å². The molecule has 6 nitrogen and oxygen atoms in total. The Morgan fingerprint density at radius 1 is 1.41 bits per heavy atom. The largest absolute Gasteiger partial charge is 0.480 e. The topological polar surface area (TPSA) is 113 Å². The molecule has 1 unspecified atom stereocenters. The van der Waals surface area contributed by atoms with Crippen LogP contribution in [0.4, 0.5) is 13.2 Å². The van der Waals surface area contributed by atoms with E-state index >= 15 is 0 Å². The Bertz CT molecular complexity index is 304. The molecular formula is C8H13F3N2O4. The fourth-order valence-electron chi connectivity index (χ4n) is 0.823. The smallest absolute Gasteiger partial charge is 0.415 e. The van der Waals surface area contributed by atoms with E-state index in [1.54, 1.807) is 5.32 Å². The van der Waals surface area contributed by atoms with Crippen LogP contribution in [0.1, 0.15) is 13.3 Å². The lowest BCUT2D eigenvalue weighted by Crippen LogP contribution is -2.63. The van der Waals surface area contributed by atoms with Crippen molar-refractivity contribution in [2.24, 2.45) is 5.73 Å². The zero-order valence-corrected chi connectivity index (χ0v) is 8.91. The van der Waals surface area contributed by atoms with Crippen LogP contribution in [0.3, 0.4) is 0 Å². The van der Waals surface area contributed by atoms with E-state index in [0.717, 1.165) is 0 Å². The Morgan fingerprint density at radius 2 is 1.88 bits per heavy atom. The molecule has 9 heteroatoms. The zero-order valence-electron chi connectivity index (χ0n) is 8.91. The molecule has 0 rings (SSSR count). The van der Waals surface area contributed by atoms with Crippen molar-refractivity contribution >= 4 is 11.9 Å². The molecule has 0 saturated heterocycles. The Kier molecular flexibility index (Phi) is 4.90. The van der Waals surface area contributed by atoms with Gasteiger partial charge < -0.3 is 21.3 Å². The summed E-state index contributed by atoms with van der Waals surface area (Å²) in [7, 11) is 0. The standard InChI is InChI=1S/C8H13F3N2O4/c1-7(12,8(9,10)11)6(17)13-4(2-3-14)5(15)16/h4,14H,2-3,12H2,1H3,(H,13,17)(H,15,16)/t4-,7?/m1/s1.